The third-order valence-corrected chi connectivity index (χ3v) is 9.24. The van der Waals surface area contributed by atoms with E-state index in [2.05, 4.69) is 20.6 Å². The summed E-state index contributed by atoms with van der Waals surface area (Å²) in [5.41, 5.74) is 1.01. The zero-order chi connectivity index (χ0) is 35.8. The Balaban J connectivity index is 1.10. The molecule has 1 aliphatic carbocycles. The van der Waals surface area contributed by atoms with E-state index in [9.17, 15) is 9.59 Å². The fraction of sp³-hybridized carbons (Fsp3) is 0.325. The van der Waals surface area contributed by atoms with Crippen LogP contribution >= 0.6 is 0 Å². The standard InChI is InChI=1S/C40H41FN6O4/c1-25-17-18-28-29(14-8-16-32(28)45-35(48)31-23-40(31,41)26-11-6-5-7-12-26)34(25)50-36-30(15-9-20-42-36)33-19-21-43-37(46-33)44-27-13-10-22-47(24-27)38(49)51-39(2,3)4/h5-9,11-12,14-21,27,31H,10,13,22-24H2,1-4H3,(H,45,48)(H,43,44,46)/t27-,31?,40?/m0/s1. The highest BCUT2D eigenvalue weighted by Crippen LogP contribution is 2.56. The first kappa shape index (κ1) is 33.9. The smallest absolute Gasteiger partial charge is 0.410 e. The number of likely N-dealkylation sites (tertiary alicyclic amines) is 1. The predicted molar refractivity (Wildman–Crippen MR) is 194 cm³/mol. The van der Waals surface area contributed by atoms with Crippen molar-refractivity contribution >= 4 is 34.4 Å². The van der Waals surface area contributed by atoms with Crippen molar-refractivity contribution in [1.29, 1.82) is 0 Å². The largest absolute Gasteiger partial charge is 0.444 e. The van der Waals surface area contributed by atoms with Gasteiger partial charge in [-0.15, -0.1) is 0 Å². The van der Waals surface area contributed by atoms with Gasteiger partial charge in [0.2, 0.25) is 17.7 Å². The highest BCUT2D eigenvalue weighted by Gasteiger charge is 2.60. The van der Waals surface area contributed by atoms with Crippen molar-refractivity contribution in [2.45, 2.75) is 64.3 Å². The highest BCUT2D eigenvalue weighted by atomic mass is 19.1. The number of carbonyl (C=O) groups is 2. The molecule has 1 saturated heterocycles. The molecule has 7 rings (SSSR count). The van der Waals surface area contributed by atoms with Gasteiger partial charge in [-0.1, -0.05) is 54.6 Å². The summed E-state index contributed by atoms with van der Waals surface area (Å²) in [5.74, 6) is 0.241. The number of halogens is 1. The second kappa shape index (κ2) is 13.6. The lowest BCUT2D eigenvalue weighted by Crippen LogP contribution is -2.47. The van der Waals surface area contributed by atoms with E-state index < -0.39 is 17.2 Å². The summed E-state index contributed by atoms with van der Waals surface area (Å²) >= 11 is 0. The molecular weight excluding hydrogens is 647 g/mol. The van der Waals surface area contributed by atoms with Gasteiger partial charge in [-0.25, -0.2) is 24.1 Å². The molecule has 3 atom stereocenters. The second-order valence-electron chi connectivity index (χ2n) is 14.2. The number of nitrogens with one attached hydrogen (secondary N) is 2. The molecule has 3 aromatic carbocycles. The summed E-state index contributed by atoms with van der Waals surface area (Å²) in [7, 11) is 0. The number of rotatable bonds is 8. The van der Waals surface area contributed by atoms with Gasteiger partial charge in [-0.3, -0.25) is 4.79 Å². The highest BCUT2D eigenvalue weighted by molar-refractivity contribution is 6.06. The predicted octanol–water partition coefficient (Wildman–Crippen LogP) is 8.43. The van der Waals surface area contributed by atoms with Crippen molar-refractivity contribution in [3.63, 3.8) is 0 Å². The van der Waals surface area contributed by atoms with E-state index >= 15 is 4.39 Å². The van der Waals surface area contributed by atoms with E-state index in [1.807, 2.05) is 76.2 Å². The first-order valence-electron chi connectivity index (χ1n) is 17.3. The molecule has 2 N–H and O–H groups in total. The average Bonchev–Trinajstić information content (AvgIpc) is 3.82. The number of aromatic nitrogens is 3. The Labute approximate surface area is 296 Å². The van der Waals surface area contributed by atoms with Crippen LogP contribution in [0.5, 0.6) is 11.6 Å². The van der Waals surface area contributed by atoms with Crippen LogP contribution in [0, 0.1) is 12.8 Å². The summed E-state index contributed by atoms with van der Waals surface area (Å²) in [6.07, 6.45) is 4.85. The molecule has 2 fully saturated rings. The number of alkyl halides is 1. The monoisotopic (exact) mass is 688 g/mol. The van der Waals surface area contributed by atoms with E-state index in [1.165, 1.54) is 0 Å². The maximum absolute atomic E-state index is 15.6. The van der Waals surface area contributed by atoms with Crippen molar-refractivity contribution in [1.82, 2.24) is 19.9 Å². The number of nitrogens with zero attached hydrogens (tertiary/aromatic N) is 4. The molecule has 2 unspecified atom stereocenters. The van der Waals surface area contributed by atoms with Gasteiger partial charge in [0.15, 0.2) is 0 Å². The van der Waals surface area contributed by atoms with Crippen molar-refractivity contribution in [3.8, 4) is 22.9 Å². The number of carbonyl (C=O) groups excluding carboxylic acids is 2. The van der Waals surface area contributed by atoms with Crippen LogP contribution in [-0.2, 0) is 15.2 Å². The summed E-state index contributed by atoms with van der Waals surface area (Å²) in [6.45, 7) is 8.64. The van der Waals surface area contributed by atoms with Gasteiger partial charge in [0.1, 0.15) is 17.0 Å². The van der Waals surface area contributed by atoms with Crippen LogP contribution in [0.1, 0.15) is 51.2 Å². The summed E-state index contributed by atoms with van der Waals surface area (Å²) in [4.78, 5) is 41.5. The van der Waals surface area contributed by atoms with E-state index in [-0.39, 0.29) is 24.5 Å². The Kier molecular flexibility index (Phi) is 9.05. The molecule has 11 heteroatoms. The fourth-order valence-electron chi connectivity index (χ4n) is 6.59. The molecule has 262 valence electrons. The van der Waals surface area contributed by atoms with Gasteiger partial charge in [-0.05, 0) is 75.9 Å². The Morgan fingerprint density at radius 1 is 0.941 bits per heavy atom. The first-order valence-corrected chi connectivity index (χ1v) is 17.3. The molecule has 5 aromatic rings. The van der Waals surface area contributed by atoms with Crippen LogP contribution in [0.25, 0.3) is 22.0 Å². The van der Waals surface area contributed by atoms with Crippen molar-refractivity contribution < 1.29 is 23.5 Å². The molecule has 3 heterocycles. The van der Waals surface area contributed by atoms with E-state index in [4.69, 9.17) is 14.5 Å². The number of hydrogen-bond donors (Lipinski definition) is 2. The average molecular weight is 689 g/mol. The zero-order valence-electron chi connectivity index (χ0n) is 29.2. The number of piperidine rings is 1. The van der Waals surface area contributed by atoms with E-state index in [0.717, 1.165) is 29.2 Å². The molecule has 0 bridgehead atoms. The maximum Gasteiger partial charge on any atom is 0.410 e. The third kappa shape index (κ3) is 7.33. The fourth-order valence-corrected chi connectivity index (χ4v) is 6.59. The minimum Gasteiger partial charge on any atom is -0.444 e. The molecule has 51 heavy (non-hydrogen) atoms. The Morgan fingerprint density at radius 3 is 2.57 bits per heavy atom. The number of fused-ring (bicyclic) bond motifs is 1. The van der Waals surface area contributed by atoms with Crippen molar-refractivity contribution in [2.75, 3.05) is 23.7 Å². The summed E-state index contributed by atoms with van der Waals surface area (Å²) in [5, 5.41) is 7.90. The molecular formula is C40H41FN6O4. The Bertz CT molecular complexity index is 2090. The van der Waals surface area contributed by atoms with Crippen LogP contribution in [-0.4, -0.2) is 56.6 Å². The molecule has 2 aromatic heterocycles. The molecule has 10 nitrogen and oxygen atoms in total. The number of benzene rings is 3. The van der Waals surface area contributed by atoms with Crippen LogP contribution in [0.2, 0.25) is 0 Å². The van der Waals surface area contributed by atoms with Crippen LogP contribution in [0.3, 0.4) is 0 Å². The zero-order valence-corrected chi connectivity index (χ0v) is 29.2. The molecule has 1 saturated carbocycles. The van der Waals surface area contributed by atoms with Gasteiger partial charge in [-0.2, -0.15) is 0 Å². The number of ether oxygens (including phenoxy) is 2. The quantitative estimate of drug-likeness (QED) is 0.167. The van der Waals surface area contributed by atoms with E-state index in [0.29, 0.717) is 53.2 Å². The number of hydrogen-bond acceptors (Lipinski definition) is 8. The minimum absolute atomic E-state index is 0.0428. The van der Waals surface area contributed by atoms with Gasteiger partial charge in [0, 0.05) is 54.4 Å². The topological polar surface area (TPSA) is 119 Å². The Morgan fingerprint density at radius 2 is 1.76 bits per heavy atom. The Hall–Kier alpha value is -5.58. The molecule has 2 aliphatic rings. The van der Waals surface area contributed by atoms with Gasteiger partial charge in [0.05, 0.1) is 17.2 Å². The number of anilines is 2. The number of pyridine rings is 1. The SMILES string of the molecule is Cc1ccc2c(NC(=O)C3CC3(F)c3ccccc3)cccc2c1Oc1ncccc1-c1ccnc(N[C@H]2CCCN(C(=O)OC(C)(C)C)C2)n1. The van der Waals surface area contributed by atoms with Crippen LogP contribution in [0.15, 0.2) is 91.3 Å². The summed E-state index contributed by atoms with van der Waals surface area (Å²) in [6, 6.07) is 23.7. The second-order valence-corrected chi connectivity index (χ2v) is 14.2. The molecule has 2 amide bonds. The number of aryl methyl sites for hydroxylation is 1. The molecule has 1 aliphatic heterocycles. The van der Waals surface area contributed by atoms with Crippen molar-refractivity contribution in [3.05, 3.63) is 102 Å². The lowest BCUT2D eigenvalue weighted by atomic mass is 10.0. The summed E-state index contributed by atoms with van der Waals surface area (Å²) < 4.78 is 27.8. The van der Waals surface area contributed by atoms with Gasteiger partial charge in [0.25, 0.3) is 0 Å². The van der Waals surface area contributed by atoms with Crippen molar-refractivity contribution in [2.24, 2.45) is 5.92 Å². The lowest BCUT2D eigenvalue weighted by Gasteiger charge is -2.34. The van der Waals surface area contributed by atoms with E-state index in [1.54, 1.807) is 47.6 Å². The van der Waals surface area contributed by atoms with Gasteiger partial charge >= 0.3 is 6.09 Å². The maximum atomic E-state index is 15.6. The number of amides is 2. The normalized spacial score (nSPS) is 20.1. The van der Waals surface area contributed by atoms with Crippen LogP contribution in [0.4, 0.5) is 20.8 Å². The van der Waals surface area contributed by atoms with Gasteiger partial charge < -0.3 is 25.0 Å². The lowest BCUT2D eigenvalue weighted by molar-refractivity contribution is -0.118. The minimum atomic E-state index is -1.66. The molecule has 0 spiro atoms. The molecule has 0 radical (unpaired) electrons. The third-order valence-electron chi connectivity index (χ3n) is 9.24. The first-order chi connectivity index (χ1) is 24.5. The van der Waals surface area contributed by atoms with Crippen LogP contribution < -0.4 is 15.4 Å².